The van der Waals surface area contributed by atoms with Crippen LogP contribution in [0.25, 0.3) is 11.1 Å². The first-order valence-corrected chi connectivity index (χ1v) is 12.9. The van der Waals surface area contributed by atoms with Crippen LogP contribution in [-0.4, -0.2) is 35.8 Å². The number of rotatable bonds is 4. The molecule has 1 unspecified atom stereocenters. The van der Waals surface area contributed by atoms with Crippen LogP contribution in [0.4, 0.5) is 0 Å². The summed E-state index contributed by atoms with van der Waals surface area (Å²) < 4.78 is 7.81. The minimum atomic E-state index is -0.0462. The normalized spacial score (nSPS) is 16.9. The van der Waals surface area contributed by atoms with Crippen molar-refractivity contribution in [2.45, 2.75) is 26.0 Å². The van der Waals surface area contributed by atoms with E-state index < -0.39 is 0 Å². The molecule has 1 heterocycles. The highest BCUT2D eigenvalue weighted by Gasteiger charge is 2.46. The second-order valence-corrected chi connectivity index (χ2v) is 12.6. The van der Waals surface area contributed by atoms with Gasteiger partial charge in [-0.15, -0.1) is 0 Å². The van der Waals surface area contributed by atoms with E-state index in [1.165, 1.54) is 9.13 Å². The van der Waals surface area contributed by atoms with Gasteiger partial charge in [0.2, 0.25) is 5.78 Å². The number of halogens is 2. The van der Waals surface area contributed by atoms with Crippen molar-refractivity contribution in [2.24, 2.45) is 5.41 Å². The molecule has 27 heavy (non-hydrogen) atoms. The molecular formula is C22H25I2O2S+. The molecule has 1 aliphatic heterocycles. The van der Waals surface area contributed by atoms with Crippen LogP contribution in [0.1, 0.15) is 31.1 Å². The Kier molecular flexibility index (Phi) is 7.30. The molecule has 1 aliphatic rings. The molecule has 0 amide bonds. The zero-order chi connectivity index (χ0) is 19.6. The molecule has 1 atom stereocenters. The van der Waals surface area contributed by atoms with Crippen LogP contribution in [0.2, 0.25) is 0 Å². The molecule has 0 aromatic heterocycles. The molecule has 2 aromatic rings. The van der Waals surface area contributed by atoms with E-state index in [-0.39, 0.29) is 21.6 Å². The lowest BCUT2D eigenvalue weighted by atomic mass is 9.86. The maximum Gasteiger partial charge on any atom is 0.216 e. The molecule has 0 aliphatic carbocycles. The first-order valence-electron chi connectivity index (χ1n) is 9.11. The number of ether oxygens (including phenoxy) is 1. The largest absolute Gasteiger partial charge is 0.372 e. The van der Waals surface area contributed by atoms with Crippen molar-refractivity contribution in [3.05, 3.63) is 55.2 Å². The van der Waals surface area contributed by atoms with Crippen LogP contribution in [-0.2, 0) is 15.6 Å². The summed E-state index contributed by atoms with van der Waals surface area (Å²) >= 11 is 4.64. The zero-order valence-electron chi connectivity index (χ0n) is 15.9. The highest BCUT2D eigenvalue weighted by Crippen LogP contribution is 2.34. The summed E-state index contributed by atoms with van der Waals surface area (Å²) in [6.07, 6.45) is 0. The molecule has 2 nitrogen and oxygen atoms in total. The fourth-order valence-electron chi connectivity index (χ4n) is 3.49. The van der Waals surface area contributed by atoms with Gasteiger partial charge in [0.15, 0.2) is 5.25 Å². The molecule has 144 valence electrons. The van der Waals surface area contributed by atoms with Crippen molar-refractivity contribution in [1.29, 1.82) is 0 Å². The van der Waals surface area contributed by atoms with E-state index in [9.17, 15) is 4.79 Å². The average molecular weight is 607 g/mol. The Hall–Kier alpha value is -0.120. The Balaban J connectivity index is 1.91. The van der Waals surface area contributed by atoms with Crippen molar-refractivity contribution in [2.75, 3.05) is 24.7 Å². The van der Waals surface area contributed by atoms with Gasteiger partial charge < -0.3 is 4.74 Å². The molecule has 2 aromatic carbocycles. The van der Waals surface area contributed by atoms with Crippen LogP contribution in [0.3, 0.4) is 0 Å². The molecule has 3 rings (SSSR count). The summed E-state index contributed by atoms with van der Waals surface area (Å²) in [5, 5.41) is 0.0547. The Morgan fingerprint density at radius 3 is 2.15 bits per heavy atom. The molecular weight excluding hydrogens is 582 g/mol. The number of Topliss-reactive ketones (excluding diaryl/α,β-unsaturated/α-hetero) is 1. The highest BCUT2D eigenvalue weighted by atomic mass is 127. The lowest BCUT2D eigenvalue weighted by Gasteiger charge is -2.31. The van der Waals surface area contributed by atoms with Crippen molar-refractivity contribution in [1.82, 2.24) is 0 Å². The molecule has 0 bridgehead atoms. The predicted molar refractivity (Wildman–Crippen MR) is 133 cm³/mol. The molecule has 5 heteroatoms. The third kappa shape index (κ3) is 5.28. The van der Waals surface area contributed by atoms with E-state index in [4.69, 9.17) is 4.74 Å². The quantitative estimate of drug-likeness (QED) is 0.250. The predicted octanol–water partition coefficient (Wildman–Crippen LogP) is 5.81. The van der Waals surface area contributed by atoms with Crippen molar-refractivity contribution in [3.63, 3.8) is 0 Å². The Morgan fingerprint density at radius 1 is 1.00 bits per heavy atom. The summed E-state index contributed by atoms with van der Waals surface area (Å²) in [5.41, 5.74) is 3.16. The Morgan fingerprint density at radius 2 is 1.59 bits per heavy atom. The highest BCUT2D eigenvalue weighted by molar-refractivity contribution is 14.1. The minimum absolute atomic E-state index is 0.0462. The van der Waals surface area contributed by atoms with Gasteiger partial charge in [-0.25, -0.2) is 0 Å². The van der Waals surface area contributed by atoms with Gasteiger partial charge >= 0.3 is 0 Å². The van der Waals surface area contributed by atoms with Gasteiger partial charge in [-0.1, -0.05) is 39.0 Å². The molecule has 0 spiro atoms. The van der Waals surface area contributed by atoms with Crippen LogP contribution < -0.4 is 0 Å². The van der Waals surface area contributed by atoms with E-state index in [0.717, 1.165) is 39.4 Å². The van der Waals surface area contributed by atoms with Gasteiger partial charge in [0.1, 0.15) is 11.5 Å². The minimum Gasteiger partial charge on any atom is -0.372 e. The number of benzene rings is 2. The van der Waals surface area contributed by atoms with E-state index >= 15 is 0 Å². The number of carbonyl (C=O) groups excluding carboxylic acids is 1. The summed E-state index contributed by atoms with van der Waals surface area (Å²) in [7, 11) is 0.0866. The van der Waals surface area contributed by atoms with Crippen LogP contribution in [0.5, 0.6) is 0 Å². The van der Waals surface area contributed by atoms with Gasteiger partial charge in [-0.2, -0.15) is 0 Å². The van der Waals surface area contributed by atoms with Gasteiger partial charge in [0.25, 0.3) is 0 Å². The number of ketones is 1. The first kappa shape index (κ1) is 21.6. The molecule has 0 radical (unpaired) electrons. The molecule has 0 N–H and O–H groups in total. The monoisotopic (exact) mass is 607 g/mol. The molecule has 1 saturated heterocycles. The maximum absolute atomic E-state index is 13.6. The summed E-state index contributed by atoms with van der Waals surface area (Å²) in [4.78, 5) is 13.6. The maximum atomic E-state index is 13.6. The van der Waals surface area contributed by atoms with Crippen LogP contribution >= 0.6 is 45.2 Å². The van der Waals surface area contributed by atoms with Gasteiger partial charge in [-0.3, -0.25) is 4.79 Å². The van der Waals surface area contributed by atoms with Crippen molar-refractivity contribution in [3.8, 4) is 11.1 Å². The van der Waals surface area contributed by atoms with Crippen molar-refractivity contribution >= 4 is 61.9 Å². The third-order valence-corrected chi connectivity index (χ3v) is 9.33. The Bertz CT molecular complexity index is 806. The summed E-state index contributed by atoms with van der Waals surface area (Å²) in [6.45, 7) is 8.16. The molecule has 1 fully saturated rings. The lowest BCUT2D eigenvalue weighted by molar-refractivity contribution is 0.0945. The smallest absolute Gasteiger partial charge is 0.216 e. The standard InChI is InChI=1S/C22H25I2O2S/c1-22(2,3)21(27-12-10-26-11-13-27)20(25)18-9-6-16(14-19(18)24)15-4-7-17(23)8-5-15/h4-9,14,21H,10-13H2,1-3H3/q+1. The van der Waals surface area contributed by atoms with Gasteiger partial charge in [0.05, 0.1) is 13.2 Å². The number of hydrogen-bond donors (Lipinski definition) is 0. The summed E-state index contributed by atoms with van der Waals surface area (Å²) in [6, 6.07) is 14.8. The van der Waals surface area contributed by atoms with Crippen LogP contribution in [0, 0.1) is 12.6 Å². The number of carbonyl (C=O) groups is 1. The summed E-state index contributed by atoms with van der Waals surface area (Å²) in [5.74, 6) is 2.31. The van der Waals surface area contributed by atoms with Gasteiger partial charge in [-0.05, 0) is 80.6 Å². The third-order valence-electron chi connectivity index (χ3n) is 4.75. The topological polar surface area (TPSA) is 26.3 Å². The second kappa shape index (κ2) is 9.13. The Labute approximate surface area is 192 Å². The fraction of sp³-hybridized carbons (Fsp3) is 0.409. The average Bonchev–Trinajstić information content (AvgIpc) is 2.62. The van der Waals surface area contributed by atoms with Crippen LogP contribution in [0.15, 0.2) is 42.5 Å². The number of hydrogen-bond acceptors (Lipinski definition) is 2. The van der Waals surface area contributed by atoms with E-state index in [1.807, 2.05) is 6.07 Å². The second-order valence-electron chi connectivity index (χ2n) is 7.87. The lowest BCUT2D eigenvalue weighted by Crippen LogP contribution is -2.47. The van der Waals surface area contributed by atoms with E-state index in [2.05, 4.69) is 102 Å². The SMILES string of the molecule is CC(C)(C)C(C(=O)c1ccc(-c2ccc(I)cc2)cc1I)[S+]1CCOCC1. The first-order chi connectivity index (χ1) is 12.8. The molecule has 0 saturated carbocycles. The van der Waals surface area contributed by atoms with E-state index in [0.29, 0.717) is 5.78 Å². The van der Waals surface area contributed by atoms with Gasteiger partial charge in [0, 0.05) is 29.0 Å². The van der Waals surface area contributed by atoms with E-state index in [1.54, 1.807) is 0 Å². The fourth-order valence-corrected chi connectivity index (χ4v) is 7.40. The zero-order valence-corrected chi connectivity index (χ0v) is 21.1. The van der Waals surface area contributed by atoms with Crippen molar-refractivity contribution < 1.29 is 9.53 Å².